The molecule has 11 amide bonds. The molecular formula is C67H104N16O15S3. The second-order valence-electron chi connectivity index (χ2n) is 26.1. The molecule has 2 aromatic carbocycles. The number of rotatable bonds is 25. The van der Waals surface area contributed by atoms with Crippen LogP contribution in [0.15, 0.2) is 48.5 Å². The molecule has 31 nitrogen and oxygen atoms in total. The minimum absolute atomic E-state index is 0.0152. The normalized spacial score (nSPS) is 23.8. The molecule has 560 valence electrons. The van der Waals surface area contributed by atoms with Crippen LogP contribution < -0.4 is 54.8 Å². The van der Waals surface area contributed by atoms with Crippen molar-refractivity contribution in [2.24, 2.45) is 22.9 Å². The number of benzene rings is 2. The largest absolute Gasteiger partial charge is 0.480 e. The topological polar surface area (TPSA) is 461 Å². The monoisotopic (exact) mass is 1470 g/mol. The quantitative estimate of drug-likeness (QED) is 0.0347. The molecule has 34 heteroatoms. The number of carboxylic acid groups (broad SMARTS) is 1. The molecule has 2 aromatic rings. The van der Waals surface area contributed by atoms with Crippen LogP contribution in [0.4, 0.5) is 0 Å². The zero-order valence-corrected chi connectivity index (χ0v) is 60.3. The number of aliphatic carboxylic acids is 1. The lowest BCUT2D eigenvalue weighted by Gasteiger charge is -2.33. The average molecular weight is 1470 g/mol. The Morgan fingerprint density at radius 2 is 1.19 bits per heavy atom. The zero-order valence-electron chi connectivity index (χ0n) is 57.9. The Labute approximate surface area is 602 Å². The van der Waals surface area contributed by atoms with Crippen LogP contribution in [-0.4, -0.2) is 286 Å². The van der Waals surface area contributed by atoms with E-state index >= 15 is 0 Å². The molecule has 0 radical (unpaired) electrons. The molecule has 0 spiro atoms. The van der Waals surface area contributed by atoms with Crippen LogP contribution in [-0.2, 0) is 81.2 Å². The molecule has 3 fully saturated rings. The Kier molecular flexibility index (Phi) is 35.3. The minimum atomic E-state index is -1.71. The van der Waals surface area contributed by atoms with E-state index in [0.29, 0.717) is 101 Å². The fourth-order valence-electron chi connectivity index (χ4n) is 12.5. The minimum Gasteiger partial charge on any atom is -0.480 e. The van der Waals surface area contributed by atoms with Crippen molar-refractivity contribution in [1.82, 2.24) is 61.3 Å². The van der Waals surface area contributed by atoms with Crippen molar-refractivity contribution < 1.29 is 72.9 Å². The Balaban J connectivity index is 1.26. The van der Waals surface area contributed by atoms with Gasteiger partial charge in [0.05, 0.1) is 25.7 Å². The molecule has 101 heavy (non-hydrogen) atoms. The molecule has 0 aromatic heterocycles. The summed E-state index contributed by atoms with van der Waals surface area (Å²) in [6, 6.07) is 5.08. The number of hydrogen-bond acceptors (Lipinski definition) is 22. The van der Waals surface area contributed by atoms with E-state index in [4.69, 9.17) is 22.9 Å². The fourth-order valence-corrected chi connectivity index (χ4v) is 15.3. The molecule has 4 aliphatic heterocycles. The van der Waals surface area contributed by atoms with Gasteiger partial charge in [0.25, 0.3) is 0 Å². The van der Waals surface area contributed by atoms with Crippen molar-refractivity contribution in [1.29, 1.82) is 0 Å². The van der Waals surface area contributed by atoms with Gasteiger partial charge in [-0.1, -0.05) is 68.3 Å². The SMILES string of the molecule is CCCCCC(=O)N[C@H]1CSCc2cc(CSCCNC(=O)CN3CCN(CC(N)=O)CCN(CC(N)O)CCN(CC(N)=O)CC3)cc(c2)CSCC(C(=O)O)NC(=O)[C@H](Cc2ccccc2)NC(=O)[C@H](CCC(N)=O)NC(=O)[C@H]([C@@H](C)O)NC(=O)[C@@H]2CCCN2C(=O)[C@@H]2CCCN2C1=O. The van der Waals surface area contributed by atoms with Gasteiger partial charge in [0.2, 0.25) is 65.0 Å². The second kappa shape index (κ2) is 43.1. The third-order valence-corrected chi connectivity index (χ3v) is 21.0. The molecule has 4 heterocycles. The number of fused-ring (bicyclic) bond motifs is 4. The number of thioether (sulfide) groups is 3. The highest BCUT2D eigenvalue weighted by atomic mass is 32.2. The van der Waals surface area contributed by atoms with Gasteiger partial charge in [0, 0.05) is 132 Å². The molecule has 2 unspecified atom stereocenters. The van der Waals surface area contributed by atoms with Crippen molar-refractivity contribution in [3.05, 3.63) is 70.8 Å². The summed E-state index contributed by atoms with van der Waals surface area (Å²) in [5, 5.41) is 47.8. The molecule has 17 N–H and O–H groups in total. The number of hydrogen-bond donors (Lipinski definition) is 13. The van der Waals surface area contributed by atoms with E-state index in [1.807, 2.05) is 44.7 Å². The van der Waals surface area contributed by atoms with Gasteiger partial charge in [0.1, 0.15) is 48.5 Å². The molecule has 0 aliphatic carbocycles. The number of nitrogens with one attached hydrogen (secondary N) is 6. The number of nitrogens with two attached hydrogens (primary N) is 4. The fraction of sp³-hybridized carbons (Fsp3) is 0.642. The van der Waals surface area contributed by atoms with E-state index in [9.17, 15) is 72.9 Å². The molecule has 4 aliphatic rings. The Bertz CT molecular complexity index is 3090. The summed E-state index contributed by atoms with van der Waals surface area (Å²) >= 11 is 4.16. The number of aliphatic hydroxyl groups excluding tert-OH is 2. The van der Waals surface area contributed by atoms with Crippen LogP contribution in [0.2, 0.25) is 0 Å². The van der Waals surface area contributed by atoms with Crippen LogP contribution in [0.3, 0.4) is 0 Å². The first-order chi connectivity index (χ1) is 48.3. The highest BCUT2D eigenvalue weighted by molar-refractivity contribution is 7.99. The van der Waals surface area contributed by atoms with Crippen molar-refractivity contribution in [3.63, 3.8) is 0 Å². The number of nitrogens with zero attached hydrogens (tertiary/aromatic N) is 6. The summed E-state index contributed by atoms with van der Waals surface area (Å²) < 4.78 is 0. The van der Waals surface area contributed by atoms with Gasteiger partial charge < -0.3 is 80.0 Å². The van der Waals surface area contributed by atoms with Gasteiger partial charge in [-0.2, -0.15) is 35.3 Å². The van der Waals surface area contributed by atoms with Gasteiger partial charge in [0.15, 0.2) is 0 Å². The summed E-state index contributed by atoms with van der Waals surface area (Å²) in [6.45, 7) is 7.34. The summed E-state index contributed by atoms with van der Waals surface area (Å²) in [7, 11) is 0. The van der Waals surface area contributed by atoms with E-state index in [2.05, 4.69) is 31.9 Å². The highest BCUT2D eigenvalue weighted by Gasteiger charge is 2.45. The van der Waals surface area contributed by atoms with Crippen molar-refractivity contribution in [2.75, 3.05) is 115 Å². The number of primary amides is 3. The van der Waals surface area contributed by atoms with Gasteiger partial charge in [-0.3, -0.25) is 72.3 Å². The molecule has 6 rings (SSSR count). The van der Waals surface area contributed by atoms with E-state index in [1.54, 1.807) is 42.1 Å². The van der Waals surface area contributed by atoms with Crippen molar-refractivity contribution >= 4 is 106 Å². The predicted molar refractivity (Wildman–Crippen MR) is 383 cm³/mol. The second-order valence-corrected chi connectivity index (χ2v) is 29.3. The maximum Gasteiger partial charge on any atom is 0.327 e. The third-order valence-electron chi connectivity index (χ3n) is 17.8. The smallest absolute Gasteiger partial charge is 0.327 e. The van der Waals surface area contributed by atoms with Gasteiger partial charge >= 0.3 is 5.97 Å². The number of carboxylic acids is 1. The lowest BCUT2D eigenvalue weighted by atomic mass is 10.0. The van der Waals surface area contributed by atoms with Crippen molar-refractivity contribution in [3.8, 4) is 0 Å². The number of β-amino-alcohol motifs (C(OH)–C–C–N with tert-alkyl or cyclic N) is 1. The number of carbonyl (C=O) groups excluding carboxylic acids is 11. The van der Waals surface area contributed by atoms with Crippen LogP contribution >= 0.6 is 35.3 Å². The maximum absolute atomic E-state index is 14.9. The van der Waals surface area contributed by atoms with Gasteiger partial charge in [-0.25, -0.2) is 4.79 Å². The van der Waals surface area contributed by atoms with Crippen molar-refractivity contribution in [2.45, 2.75) is 156 Å². The maximum atomic E-state index is 14.9. The van der Waals surface area contributed by atoms with E-state index < -0.39 is 120 Å². The first-order valence-corrected chi connectivity index (χ1v) is 38.1. The Hall–Kier alpha value is -7.15. The molecule has 3 saturated heterocycles. The summed E-state index contributed by atoms with van der Waals surface area (Å²) in [5.74, 6) is -6.94. The molecule has 9 atom stereocenters. The summed E-state index contributed by atoms with van der Waals surface area (Å²) in [5.41, 5.74) is 25.6. The van der Waals surface area contributed by atoms with E-state index in [0.717, 1.165) is 29.5 Å². The van der Waals surface area contributed by atoms with Crippen LogP contribution in [0.1, 0.15) is 100 Å². The molecule has 0 saturated carbocycles. The lowest BCUT2D eigenvalue weighted by Crippen LogP contribution is -2.61. The Morgan fingerprint density at radius 3 is 1.76 bits per heavy atom. The predicted octanol–water partition coefficient (Wildman–Crippen LogP) is -3.05. The van der Waals surface area contributed by atoms with E-state index in [-0.39, 0.29) is 100 Å². The standard InChI is InChI=1S/C67H104N16O15S3/c1-3-4-6-15-58(89)73-50-41-100-39-46-30-45(38-99-29-18-72-59(90)37-81-27-25-79(35-56(70)87)23-21-78(34-55(69)86)22-24-80(26-28-81)36-57(71)88)31-47(32-46)40-101-42-51(67(97)98)76-62(92)49(33-44-11-7-5-8-12-44)75-61(91)48(16-17-54(68)85)74-64(94)60(43(2)84)77-63(93)52-13-9-19-82(52)66(96)53-14-10-20-83(53)65(50)95/h5,7-8,11-12,30-32,43,48-53,55,60,84,86H,3-4,6,9-10,13-29,33-42,69H2,1-2H3,(H2,68,85)(H2,70,87)(H2,71,88)(H,72,90)(H,73,89)(H,74,94)(H,75,91)(H,76,92)(H,77,93)(H,97,98)/t43-,48+,49+,50+,51?,52+,53+,55?,60+/m1/s1. The summed E-state index contributed by atoms with van der Waals surface area (Å²) in [6.07, 6.45) is 0.0777. The van der Waals surface area contributed by atoms with E-state index in [1.165, 1.54) is 40.2 Å². The number of carbonyl (C=O) groups is 12. The molecular weight excluding hydrogens is 1370 g/mol. The van der Waals surface area contributed by atoms with Gasteiger partial charge in [-0.15, -0.1) is 0 Å². The van der Waals surface area contributed by atoms with Crippen LogP contribution in [0.5, 0.6) is 0 Å². The number of amides is 11. The summed E-state index contributed by atoms with van der Waals surface area (Å²) in [4.78, 5) is 174. The first-order valence-electron chi connectivity index (χ1n) is 34.6. The first kappa shape index (κ1) is 82.8. The number of aliphatic hydroxyl groups is 2. The molecule has 2 bridgehead atoms. The highest BCUT2D eigenvalue weighted by Crippen LogP contribution is 2.28. The van der Waals surface area contributed by atoms with Crippen LogP contribution in [0, 0.1) is 0 Å². The number of unbranched alkanes of at least 4 members (excludes halogenated alkanes) is 2. The van der Waals surface area contributed by atoms with Gasteiger partial charge in [-0.05, 0) is 67.7 Å². The van der Waals surface area contributed by atoms with Crippen LogP contribution in [0.25, 0.3) is 0 Å². The third kappa shape index (κ3) is 28.9. The zero-order chi connectivity index (χ0) is 73.5. The average Bonchev–Trinajstić information content (AvgIpc) is 1.72. The lowest BCUT2D eigenvalue weighted by molar-refractivity contribution is -0.148. The Morgan fingerprint density at radius 1 is 0.624 bits per heavy atom.